The second-order valence-electron chi connectivity index (χ2n) is 2.84. The summed E-state index contributed by atoms with van der Waals surface area (Å²) in [6.07, 6.45) is -4.35. The smallest absolute Gasteiger partial charge is 0.184 e. The summed E-state index contributed by atoms with van der Waals surface area (Å²) < 4.78 is 9.82. The lowest BCUT2D eigenvalue weighted by molar-refractivity contribution is -0.242. The van der Waals surface area contributed by atoms with E-state index in [0.29, 0.717) is 0 Å². The summed E-state index contributed by atoms with van der Waals surface area (Å²) in [4.78, 5) is 0. The molecule has 0 unspecified atom stereocenters. The van der Waals surface area contributed by atoms with E-state index in [0.717, 1.165) is 0 Å². The molecule has 0 aliphatic carbocycles. The lowest BCUT2D eigenvalue weighted by Crippen LogP contribution is -2.52. The van der Waals surface area contributed by atoms with Crippen molar-refractivity contribution in [3.8, 4) is 0 Å². The highest BCUT2D eigenvalue weighted by molar-refractivity contribution is 4.94. The number of hydrogen-bond acceptors (Lipinski definition) is 5. The van der Waals surface area contributed by atoms with Crippen LogP contribution in [0.2, 0.25) is 0 Å². The normalized spacial score (nSPS) is 56.5. The molecule has 0 amide bonds. The molecule has 0 spiro atoms. The Hall–Kier alpha value is -0.200. The van der Waals surface area contributed by atoms with E-state index in [-0.39, 0.29) is 6.61 Å². The molecule has 2 rings (SSSR count). The minimum Gasteiger partial charge on any atom is -0.387 e. The molecule has 2 aliphatic rings. The van der Waals surface area contributed by atoms with Gasteiger partial charge in [-0.3, -0.25) is 0 Å². The molecule has 0 aromatic rings. The zero-order valence-electron chi connectivity index (χ0n) is 5.75. The molecule has 0 saturated carbocycles. The molecule has 0 radical (unpaired) electrons. The van der Waals surface area contributed by atoms with Gasteiger partial charge >= 0.3 is 0 Å². The van der Waals surface area contributed by atoms with Gasteiger partial charge in [-0.15, -0.1) is 0 Å². The van der Waals surface area contributed by atoms with E-state index < -0.39 is 30.7 Å². The van der Waals surface area contributed by atoms with Crippen molar-refractivity contribution in [3.05, 3.63) is 0 Å². The molecule has 11 heavy (non-hydrogen) atoms. The van der Waals surface area contributed by atoms with Crippen LogP contribution in [0, 0.1) is 0 Å². The molecule has 2 aliphatic heterocycles. The van der Waals surface area contributed by atoms with Gasteiger partial charge in [-0.25, -0.2) is 0 Å². The predicted octanol–water partition coefficient (Wildman–Crippen LogP) is -2.18. The standard InChI is InChI=1S/C6H10O5/c7-3-2-1-10-5(3)4(8)6(9)11-2/h2-9H,1H2/t2-,3+,4-,5+,6+/m0/s1. The average Bonchev–Trinajstić information content (AvgIpc) is 2.23. The average molecular weight is 162 g/mol. The van der Waals surface area contributed by atoms with Crippen LogP contribution in [-0.2, 0) is 9.47 Å². The van der Waals surface area contributed by atoms with Gasteiger partial charge in [0, 0.05) is 0 Å². The minimum atomic E-state index is -1.23. The zero-order valence-corrected chi connectivity index (χ0v) is 5.75. The molecule has 2 heterocycles. The summed E-state index contributed by atoms with van der Waals surface area (Å²) in [5.74, 6) is 0. The van der Waals surface area contributed by atoms with Crippen molar-refractivity contribution in [2.24, 2.45) is 0 Å². The molecule has 0 aromatic heterocycles. The van der Waals surface area contributed by atoms with Gasteiger partial charge in [0.25, 0.3) is 0 Å². The number of ether oxygens (including phenoxy) is 2. The van der Waals surface area contributed by atoms with Crippen molar-refractivity contribution < 1.29 is 24.8 Å². The number of hydrogen-bond donors (Lipinski definition) is 3. The molecule has 0 aromatic carbocycles. The summed E-state index contributed by atoms with van der Waals surface area (Å²) in [5, 5.41) is 27.5. The highest BCUT2D eigenvalue weighted by Crippen LogP contribution is 2.28. The van der Waals surface area contributed by atoms with Crippen LogP contribution >= 0.6 is 0 Å². The van der Waals surface area contributed by atoms with E-state index in [4.69, 9.17) is 14.6 Å². The summed E-state index contributed by atoms with van der Waals surface area (Å²) in [6, 6.07) is 0. The van der Waals surface area contributed by atoms with Gasteiger partial charge in [-0.1, -0.05) is 0 Å². The van der Waals surface area contributed by atoms with Crippen LogP contribution in [0.25, 0.3) is 0 Å². The highest BCUT2D eigenvalue weighted by atomic mass is 16.7. The van der Waals surface area contributed by atoms with Crippen molar-refractivity contribution in [1.82, 2.24) is 0 Å². The van der Waals surface area contributed by atoms with Gasteiger partial charge in [0.2, 0.25) is 0 Å². The molecule has 5 heteroatoms. The Bertz CT molecular complexity index is 161. The molecular weight excluding hydrogens is 152 g/mol. The Morgan fingerprint density at radius 3 is 2.55 bits per heavy atom. The number of aliphatic hydroxyl groups is 3. The van der Waals surface area contributed by atoms with Gasteiger partial charge in [-0.2, -0.15) is 0 Å². The van der Waals surface area contributed by atoms with E-state index in [1.165, 1.54) is 0 Å². The van der Waals surface area contributed by atoms with Crippen molar-refractivity contribution >= 4 is 0 Å². The van der Waals surface area contributed by atoms with E-state index in [2.05, 4.69) is 0 Å². The van der Waals surface area contributed by atoms with Gasteiger partial charge < -0.3 is 24.8 Å². The van der Waals surface area contributed by atoms with Gasteiger partial charge in [0.15, 0.2) is 6.29 Å². The third kappa shape index (κ3) is 0.969. The van der Waals surface area contributed by atoms with Crippen LogP contribution in [0.15, 0.2) is 0 Å². The maximum absolute atomic E-state index is 9.28. The fourth-order valence-corrected chi connectivity index (χ4v) is 1.46. The Balaban J connectivity index is 2.16. The molecule has 2 fully saturated rings. The largest absolute Gasteiger partial charge is 0.387 e. The van der Waals surface area contributed by atoms with Crippen LogP contribution in [0.4, 0.5) is 0 Å². The third-order valence-electron chi connectivity index (χ3n) is 2.11. The van der Waals surface area contributed by atoms with Crippen molar-refractivity contribution in [2.45, 2.75) is 30.7 Å². The zero-order chi connectivity index (χ0) is 8.01. The molecular formula is C6H10O5. The molecule has 5 nitrogen and oxygen atoms in total. The first-order chi connectivity index (χ1) is 5.20. The topological polar surface area (TPSA) is 79.2 Å². The summed E-state index contributed by atoms with van der Waals surface area (Å²) in [6.45, 7) is 0.236. The minimum absolute atomic E-state index is 0.236. The molecule has 2 bridgehead atoms. The van der Waals surface area contributed by atoms with E-state index in [9.17, 15) is 10.2 Å². The second kappa shape index (κ2) is 2.40. The van der Waals surface area contributed by atoms with Gasteiger partial charge in [0.05, 0.1) is 6.61 Å². The third-order valence-corrected chi connectivity index (χ3v) is 2.11. The molecule has 64 valence electrons. The fraction of sp³-hybridized carbons (Fsp3) is 1.00. The van der Waals surface area contributed by atoms with Gasteiger partial charge in [-0.05, 0) is 0 Å². The number of aliphatic hydroxyl groups excluding tert-OH is 3. The predicted molar refractivity (Wildman–Crippen MR) is 32.6 cm³/mol. The highest BCUT2D eigenvalue weighted by Gasteiger charge is 2.49. The maximum Gasteiger partial charge on any atom is 0.184 e. The second-order valence-corrected chi connectivity index (χ2v) is 2.84. The fourth-order valence-electron chi connectivity index (χ4n) is 1.46. The quantitative estimate of drug-likeness (QED) is 0.377. The summed E-state index contributed by atoms with van der Waals surface area (Å²) in [7, 11) is 0. The Labute approximate surface area is 63.2 Å². The SMILES string of the molecule is O[C@H]1[C@@H]2OC[C@H](O[C@H]1O)[C@H]2O. The number of fused-ring (bicyclic) bond motifs is 2. The number of rotatable bonds is 0. The van der Waals surface area contributed by atoms with E-state index in [1.54, 1.807) is 0 Å². The van der Waals surface area contributed by atoms with Crippen LogP contribution in [0.5, 0.6) is 0 Å². The van der Waals surface area contributed by atoms with Gasteiger partial charge in [0.1, 0.15) is 24.4 Å². The van der Waals surface area contributed by atoms with Crippen LogP contribution in [-0.4, -0.2) is 52.6 Å². The van der Waals surface area contributed by atoms with Crippen molar-refractivity contribution in [1.29, 1.82) is 0 Å². The Morgan fingerprint density at radius 2 is 1.82 bits per heavy atom. The first kappa shape index (κ1) is 7.45. The Kier molecular flexibility index (Phi) is 1.62. The monoisotopic (exact) mass is 162 g/mol. The first-order valence-corrected chi connectivity index (χ1v) is 3.51. The van der Waals surface area contributed by atoms with Crippen LogP contribution in [0.1, 0.15) is 0 Å². The van der Waals surface area contributed by atoms with E-state index >= 15 is 0 Å². The van der Waals surface area contributed by atoms with Crippen molar-refractivity contribution in [2.75, 3.05) is 6.61 Å². The van der Waals surface area contributed by atoms with Crippen LogP contribution in [0.3, 0.4) is 0 Å². The molecule has 2 saturated heterocycles. The molecule has 3 N–H and O–H groups in total. The first-order valence-electron chi connectivity index (χ1n) is 3.51. The molecule has 5 atom stereocenters. The lowest BCUT2D eigenvalue weighted by atomic mass is 10.0. The van der Waals surface area contributed by atoms with Crippen molar-refractivity contribution in [3.63, 3.8) is 0 Å². The van der Waals surface area contributed by atoms with E-state index in [1.807, 2.05) is 0 Å². The van der Waals surface area contributed by atoms with Crippen LogP contribution < -0.4 is 0 Å². The Morgan fingerprint density at radius 1 is 1.09 bits per heavy atom. The summed E-state index contributed by atoms with van der Waals surface area (Å²) in [5.41, 5.74) is 0. The lowest BCUT2D eigenvalue weighted by Gasteiger charge is -2.31. The maximum atomic E-state index is 9.28. The summed E-state index contributed by atoms with van der Waals surface area (Å²) >= 11 is 0.